The van der Waals surface area contributed by atoms with E-state index in [4.69, 9.17) is 4.42 Å². The van der Waals surface area contributed by atoms with Gasteiger partial charge in [-0.15, -0.1) is 11.3 Å². The van der Waals surface area contributed by atoms with Gasteiger partial charge < -0.3 is 14.8 Å². The first-order valence-corrected chi connectivity index (χ1v) is 7.14. The van der Waals surface area contributed by atoms with Crippen LogP contribution in [0.4, 0.5) is 0 Å². The number of aryl methyl sites for hydroxylation is 1. The van der Waals surface area contributed by atoms with Crippen LogP contribution >= 0.6 is 11.3 Å². The van der Waals surface area contributed by atoms with E-state index in [9.17, 15) is 9.90 Å². The molecular weight excluding hydrogens is 274 g/mol. The summed E-state index contributed by atoms with van der Waals surface area (Å²) in [7, 11) is 0. The largest absolute Gasteiger partial charge is 0.462 e. The van der Waals surface area contributed by atoms with Gasteiger partial charge in [-0.25, -0.2) is 0 Å². The van der Waals surface area contributed by atoms with Gasteiger partial charge >= 0.3 is 0 Å². The predicted molar refractivity (Wildman–Crippen MR) is 79.4 cm³/mol. The van der Waals surface area contributed by atoms with E-state index in [0.717, 1.165) is 10.6 Å². The fourth-order valence-electron chi connectivity index (χ4n) is 1.69. The highest BCUT2D eigenvalue weighted by atomic mass is 32.1. The molecule has 0 aliphatic heterocycles. The molecule has 2 N–H and O–H groups in total. The van der Waals surface area contributed by atoms with Crippen LogP contribution in [0, 0.1) is 6.92 Å². The third kappa shape index (κ3) is 3.82. The zero-order valence-electron chi connectivity index (χ0n) is 11.4. The molecule has 0 saturated carbocycles. The topological polar surface area (TPSA) is 62.5 Å². The molecule has 2 aromatic heterocycles. The number of carbonyl (C=O) groups is 1. The first-order valence-electron chi connectivity index (χ1n) is 6.26. The van der Waals surface area contributed by atoms with Gasteiger partial charge in [-0.3, -0.25) is 4.79 Å². The van der Waals surface area contributed by atoms with Crippen LogP contribution < -0.4 is 5.32 Å². The van der Waals surface area contributed by atoms with E-state index in [1.807, 2.05) is 30.5 Å². The highest BCUT2D eigenvalue weighted by molar-refractivity contribution is 7.10. The summed E-state index contributed by atoms with van der Waals surface area (Å²) in [5.74, 6) is 1.16. The summed E-state index contributed by atoms with van der Waals surface area (Å²) in [6.07, 6.45) is 2.99. The predicted octanol–water partition coefficient (Wildman–Crippen LogP) is 2.69. The van der Waals surface area contributed by atoms with Gasteiger partial charge in [0, 0.05) is 11.0 Å². The summed E-state index contributed by atoms with van der Waals surface area (Å²) in [6.45, 7) is 3.68. The van der Waals surface area contributed by atoms with Crippen LogP contribution in [-0.2, 0) is 10.4 Å². The smallest absolute Gasteiger partial charge is 0.244 e. The quantitative estimate of drug-likeness (QED) is 0.833. The molecule has 2 rings (SSSR count). The van der Waals surface area contributed by atoms with E-state index in [1.165, 1.54) is 17.4 Å². The van der Waals surface area contributed by atoms with Crippen molar-refractivity contribution in [2.45, 2.75) is 19.4 Å². The second-order valence-electron chi connectivity index (χ2n) is 4.75. The summed E-state index contributed by atoms with van der Waals surface area (Å²) in [6, 6.07) is 7.34. The molecule has 0 aliphatic rings. The lowest BCUT2D eigenvalue weighted by Crippen LogP contribution is -2.37. The molecule has 1 unspecified atom stereocenters. The maximum absolute atomic E-state index is 11.7. The molecule has 0 spiro atoms. The summed E-state index contributed by atoms with van der Waals surface area (Å²) >= 11 is 1.46. The average molecular weight is 291 g/mol. The highest BCUT2D eigenvalue weighted by Gasteiger charge is 2.24. The molecule has 106 valence electrons. The SMILES string of the molecule is Cc1ccc(/C=C/C(=O)NCC(C)(O)c2cccs2)o1. The molecule has 0 bridgehead atoms. The second kappa shape index (κ2) is 6.07. The molecular formula is C15H17NO3S. The molecule has 0 aliphatic carbocycles. The highest BCUT2D eigenvalue weighted by Crippen LogP contribution is 2.24. The van der Waals surface area contributed by atoms with Gasteiger partial charge in [-0.2, -0.15) is 0 Å². The lowest BCUT2D eigenvalue weighted by Gasteiger charge is -2.21. The van der Waals surface area contributed by atoms with Gasteiger partial charge in [-0.1, -0.05) is 6.07 Å². The molecule has 20 heavy (non-hydrogen) atoms. The zero-order chi connectivity index (χ0) is 14.6. The Labute approximate surface area is 121 Å². The molecule has 1 amide bonds. The van der Waals surface area contributed by atoms with Crippen molar-refractivity contribution in [2.24, 2.45) is 0 Å². The van der Waals surface area contributed by atoms with Gasteiger partial charge in [0.15, 0.2) is 0 Å². The van der Waals surface area contributed by atoms with Crippen LogP contribution in [0.1, 0.15) is 23.3 Å². The first kappa shape index (κ1) is 14.6. The summed E-state index contributed by atoms with van der Waals surface area (Å²) in [4.78, 5) is 12.5. The molecule has 0 fully saturated rings. The Hall–Kier alpha value is -1.85. The fourth-order valence-corrected chi connectivity index (χ4v) is 2.48. The minimum absolute atomic E-state index is 0.161. The van der Waals surface area contributed by atoms with Crippen molar-refractivity contribution in [3.63, 3.8) is 0 Å². The van der Waals surface area contributed by atoms with Crippen LogP contribution in [0.15, 0.2) is 40.1 Å². The third-order valence-corrected chi connectivity index (χ3v) is 3.94. The number of hydrogen-bond donors (Lipinski definition) is 2. The van der Waals surface area contributed by atoms with Gasteiger partial charge in [-0.05, 0) is 43.5 Å². The monoisotopic (exact) mass is 291 g/mol. The number of aliphatic hydroxyl groups is 1. The van der Waals surface area contributed by atoms with Crippen molar-refractivity contribution in [3.05, 3.63) is 52.1 Å². The average Bonchev–Trinajstić information content (AvgIpc) is 3.05. The maximum atomic E-state index is 11.7. The van der Waals surface area contributed by atoms with Crippen LogP contribution in [-0.4, -0.2) is 17.6 Å². The molecule has 0 radical (unpaired) electrons. The minimum Gasteiger partial charge on any atom is -0.462 e. The van der Waals surface area contributed by atoms with Crippen LogP contribution in [0.3, 0.4) is 0 Å². The van der Waals surface area contributed by atoms with Crippen molar-refractivity contribution >= 4 is 23.3 Å². The lowest BCUT2D eigenvalue weighted by atomic mass is 10.1. The molecule has 4 nitrogen and oxygen atoms in total. The normalized spacial score (nSPS) is 14.3. The van der Waals surface area contributed by atoms with E-state index in [2.05, 4.69) is 5.32 Å². The molecule has 0 aromatic carbocycles. The van der Waals surface area contributed by atoms with Gasteiger partial charge in [0.1, 0.15) is 17.1 Å². The Kier molecular flexibility index (Phi) is 4.42. The van der Waals surface area contributed by atoms with E-state index in [1.54, 1.807) is 19.1 Å². The van der Waals surface area contributed by atoms with Crippen molar-refractivity contribution in [3.8, 4) is 0 Å². The standard InChI is InChI=1S/C15H17NO3S/c1-11-5-6-12(19-11)7-8-14(17)16-10-15(2,18)13-4-3-9-20-13/h3-9,18H,10H2,1-2H3,(H,16,17)/b8-7+. The third-order valence-electron chi connectivity index (χ3n) is 2.82. The van der Waals surface area contributed by atoms with Crippen LogP contribution in [0.2, 0.25) is 0 Å². The number of carbonyl (C=O) groups excluding carboxylic acids is 1. The van der Waals surface area contributed by atoms with E-state index in [0.29, 0.717) is 5.76 Å². The maximum Gasteiger partial charge on any atom is 0.244 e. The molecule has 1 atom stereocenters. The van der Waals surface area contributed by atoms with E-state index >= 15 is 0 Å². The van der Waals surface area contributed by atoms with Gasteiger partial charge in [0.05, 0.1) is 6.54 Å². The molecule has 5 heteroatoms. The van der Waals surface area contributed by atoms with Crippen molar-refractivity contribution in [1.29, 1.82) is 0 Å². The van der Waals surface area contributed by atoms with E-state index < -0.39 is 5.60 Å². The Bertz CT molecular complexity index is 596. The fraction of sp³-hybridized carbons (Fsp3) is 0.267. The van der Waals surface area contributed by atoms with Gasteiger partial charge in [0.2, 0.25) is 5.91 Å². The Balaban J connectivity index is 1.88. The Morgan fingerprint density at radius 1 is 1.50 bits per heavy atom. The summed E-state index contributed by atoms with van der Waals surface area (Å²) in [5.41, 5.74) is -1.06. The summed E-state index contributed by atoms with van der Waals surface area (Å²) in [5, 5.41) is 14.8. The number of rotatable bonds is 5. The number of hydrogen-bond acceptors (Lipinski definition) is 4. The number of furan rings is 1. The minimum atomic E-state index is -1.06. The van der Waals surface area contributed by atoms with Crippen LogP contribution in [0.25, 0.3) is 6.08 Å². The Morgan fingerprint density at radius 3 is 2.90 bits per heavy atom. The van der Waals surface area contributed by atoms with Crippen LogP contribution in [0.5, 0.6) is 0 Å². The number of nitrogens with one attached hydrogen (secondary N) is 1. The van der Waals surface area contributed by atoms with Crippen molar-refractivity contribution in [1.82, 2.24) is 5.32 Å². The Morgan fingerprint density at radius 2 is 2.30 bits per heavy atom. The molecule has 2 aromatic rings. The molecule has 0 saturated heterocycles. The van der Waals surface area contributed by atoms with Crippen molar-refractivity contribution < 1.29 is 14.3 Å². The zero-order valence-corrected chi connectivity index (χ0v) is 12.2. The van der Waals surface area contributed by atoms with Gasteiger partial charge in [0.25, 0.3) is 0 Å². The number of thiophene rings is 1. The lowest BCUT2D eigenvalue weighted by molar-refractivity contribution is -0.117. The van der Waals surface area contributed by atoms with E-state index in [-0.39, 0.29) is 12.5 Å². The second-order valence-corrected chi connectivity index (χ2v) is 5.70. The summed E-state index contributed by atoms with van der Waals surface area (Å²) < 4.78 is 5.32. The number of amides is 1. The first-order chi connectivity index (χ1) is 9.47. The van der Waals surface area contributed by atoms with Crippen molar-refractivity contribution in [2.75, 3.05) is 6.54 Å². The molecule has 2 heterocycles.